The molecule has 7 heteroatoms. The number of aromatic nitrogens is 2. The van der Waals surface area contributed by atoms with Crippen molar-refractivity contribution in [2.45, 2.75) is 46.6 Å². The van der Waals surface area contributed by atoms with Crippen LogP contribution >= 0.6 is 11.3 Å². The van der Waals surface area contributed by atoms with Gasteiger partial charge >= 0.3 is 5.97 Å². The molecule has 2 aromatic heterocycles. The lowest BCUT2D eigenvalue weighted by Gasteiger charge is -2.24. The maximum absolute atomic E-state index is 12.3. The Morgan fingerprint density at radius 1 is 1.22 bits per heavy atom. The quantitative estimate of drug-likeness (QED) is 0.749. The van der Waals surface area contributed by atoms with Crippen LogP contribution in [0.25, 0.3) is 10.2 Å². The predicted octanol–water partition coefficient (Wildman–Crippen LogP) is 3.29. The summed E-state index contributed by atoms with van der Waals surface area (Å²) in [5.74, 6) is 1.75. The number of esters is 1. The first-order valence-electron chi connectivity index (χ1n) is 9.73. The van der Waals surface area contributed by atoms with Gasteiger partial charge in [0.1, 0.15) is 16.5 Å². The van der Waals surface area contributed by atoms with Crippen LogP contribution < -0.4 is 4.90 Å². The summed E-state index contributed by atoms with van der Waals surface area (Å²) in [6.07, 6.45) is 3.31. The monoisotopic (exact) mass is 388 g/mol. The van der Waals surface area contributed by atoms with Crippen molar-refractivity contribution in [3.8, 4) is 0 Å². The van der Waals surface area contributed by atoms with Crippen LogP contribution in [0.15, 0.2) is 0 Å². The van der Waals surface area contributed by atoms with Crippen LogP contribution in [0.1, 0.15) is 42.5 Å². The first kappa shape index (κ1) is 18.6. The van der Waals surface area contributed by atoms with Gasteiger partial charge in [-0.05, 0) is 58.7 Å². The van der Waals surface area contributed by atoms with E-state index in [1.807, 2.05) is 6.92 Å². The average Bonchev–Trinajstić information content (AvgIpc) is 3.36. The number of hydrogen-bond acceptors (Lipinski definition) is 7. The van der Waals surface area contributed by atoms with E-state index in [0.717, 1.165) is 54.5 Å². The zero-order chi connectivity index (χ0) is 19.2. The van der Waals surface area contributed by atoms with Crippen LogP contribution in [0, 0.1) is 19.3 Å². The number of carbonyl (C=O) groups is 1. The summed E-state index contributed by atoms with van der Waals surface area (Å²) in [6.45, 7) is 10.8. The van der Waals surface area contributed by atoms with Gasteiger partial charge in [0, 0.05) is 18.0 Å². The molecule has 27 heavy (non-hydrogen) atoms. The van der Waals surface area contributed by atoms with Crippen molar-refractivity contribution in [3.63, 3.8) is 0 Å². The number of methoxy groups -OCH3 is 1. The Morgan fingerprint density at radius 3 is 2.67 bits per heavy atom. The van der Waals surface area contributed by atoms with Gasteiger partial charge in [0.05, 0.1) is 24.5 Å². The number of aryl methyl sites for hydroxylation is 2. The zero-order valence-corrected chi connectivity index (χ0v) is 17.5. The third kappa shape index (κ3) is 3.31. The minimum absolute atomic E-state index is 0.134. The van der Waals surface area contributed by atoms with Crippen molar-refractivity contribution >= 4 is 33.3 Å². The largest absolute Gasteiger partial charge is 0.469 e. The Morgan fingerprint density at radius 2 is 1.96 bits per heavy atom. The predicted molar refractivity (Wildman–Crippen MR) is 108 cm³/mol. The first-order chi connectivity index (χ1) is 12.9. The zero-order valence-electron chi connectivity index (χ0n) is 16.7. The van der Waals surface area contributed by atoms with E-state index in [1.165, 1.54) is 30.4 Å². The van der Waals surface area contributed by atoms with Crippen molar-refractivity contribution in [1.82, 2.24) is 14.9 Å². The minimum atomic E-state index is -0.472. The second-order valence-corrected chi connectivity index (χ2v) is 9.34. The molecule has 0 radical (unpaired) electrons. The fourth-order valence-electron chi connectivity index (χ4n) is 4.27. The number of nitrogens with zero attached hydrogens (tertiary/aromatic N) is 4. The second-order valence-electron chi connectivity index (χ2n) is 8.13. The van der Waals surface area contributed by atoms with Gasteiger partial charge in [0.15, 0.2) is 0 Å². The summed E-state index contributed by atoms with van der Waals surface area (Å²) >= 11 is 1.75. The second kappa shape index (κ2) is 7.02. The highest BCUT2D eigenvalue weighted by Gasteiger charge is 2.42. The van der Waals surface area contributed by atoms with Crippen molar-refractivity contribution < 1.29 is 9.53 Å². The number of ether oxygens (including phenoxy) is 1. The molecule has 2 fully saturated rings. The van der Waals surface area contributed by atoms with Gasteiger partial charge in [-0.15, -0.1) is 11.3 Å². The molecule has 0 aliphatic carbocycles. The summed E-state index contributed by atoms with van der Waals surface area (Å²) in [5, 5.41) is 1.15. The van der Waals surface area contributed by atoms with E-state index in [0.29, 0.717) is 6.54 Å². The topological polar surface area (TPSA) is 58.6 Å². The lowest BCUT2D eigenvalue weighted by atomic mass is 9.90. The standard InChI is InChI=1S/C20H28N4O2S/c1-13-14(2)27-18-16(13)17(21-15(22-18)11-23-8-5-6-9-23)24-10-7-20(3,12-24)19(25)26-4/h5-12H2,1-4H3. The van der Waals surface area contributed by atoms with E-state index >= 15 is 0 Å². The smallest absolute Gasteiger partial charge is 0.313 e. The summed E-state index contributed by atoms with van der Waals surface area (Å²) < 4.78 is 5.05. The van der Waals surface area contributed by atoms with Gasteiger partial charge in [-0.2, -0.15) is 0 Å². The van der Waals surface area contributed by atoms with Gasteiger partial charge in [0.25, 0.3) is 0 Å². The third-order valence-electron chi connectivity index (χ3n) is 6.07. The molecule has 2 aromatic rings. The van der Waals surface area contributed by atoms with E-state index in [4.69, 9.17) is 14.7 Å². The average molecular weight is 389 g/mol. The fourth-order valence-corrected chi connectivity index (χ4v) is 5.31. The van der Waals surface area contributed by atoms with Crippen molar-refractivity contribution in [1.29, 1.82) is 0 Å². The Bertz CT molecular complexity index is 874. The number of rotatable bonds is 4. The molecule has 0 spiro atoms. The SMILES string of the molecule is COC(=O)C1(C)CCN(c2nc(CN3CCCC3)nc3sc(C)c(C)c23)C1. The van der Waals surface area contributed by atoms with Gasteiger partial charge in [-0.3, -0.25) is 9.69 Å². The van der Waals surface area contributed by atoms with E-state index < -0.39 is 5.41 Å². The highest BCUT2D eigenvalue weighted by atomic mass is 32.1. The Kier molecular flexibility index (Phi) is 4.84. The summed E-state index contributed by atoms with van der Waals surface area (Å²) in [4.78, 5) is 29.2. The number of thiophene rings is 1. The number of carbonyl (C=O) groups excluding carboxylic acids is 1. The number of hydrogen-bond donors (Lipinski definition) is 0. The van der Waals surface area contributed by atoms with E-state index in [1.54, 1.807) is 11.3 Å². The molecule has 1 unspecified atom stereocenters. The van der Waals surface area contributed by atoms with E-state index in [-0.39, 0.29) is 5.97 Å². The molecule has 0 saturated carbocycles. The van der Waals surface area contributed by atoms with Gasteiger partial charge in [0.2, 0.25) is 0 Å². The van der Waals surface area contributed by atoms with Crippen LogP contribution in [-0.4, -0.2) is 54.1 Å². The van der Waals surface area contributed by atoms with Gasteiger partial charge < -0.3 is 9.64 Å². The highest BCUT2D eigenvalue weighted by Crippen LogP contribution is 2.40. The van der Waals surface area contributed by atoms with E-state index in [9.17, 15) is 4.79 Å². The molecular weight excluding hydrogens is 360 g/mol. The Hall–Kier alpha value is -1.73. The van der Waals surface area contributed by atoms with Crippen LogP contribution in [0.5, 0.6) is 0 Å². The molecule has 146 valence electrons. The van der Waals surface area contributed by atoms with Crippen molar-refractivity contribution in [2.75, 3.05) is 38.2 Å². The maximum Gasteiger partial charge on any atom is 0.313 e. The van der Waals surface area contributed by atoms with Crippen LogP contribution in [0.2, 0.25) is 0 Å². The molecule has 0 N–H and O–H groups in total. The number of fused-ring (bicyclic) bond motifs is 1. The van der Waals surface area contributed by atoms with Crippen LogP contribution in [0.3, 0.4) is 0 Å². The summed E-state index contributed by atoms with van der Waals surface area (Å²) in [7, 11) is 1.47. The molecule has 2 saturated heterocycles. The Labute approximate surface area is 164 Å². The van der Waals surface area contributed by atoms with Crippen molar-refractivity contribution in [3.05, 3.63) is 16.3 Å². The molecular formula is C20H28N4O2S. The van der Waals surface area contributed by atoms with Gasteiger partial charge in [-0.1, -0.05) is 0 Å². The molecule has 1 atom stereocenters. The lowest BCUT2D eigenvalue weighted by molar-refractivity contribution is -0.150. The normalized spacial score (nSPS) is 23.5. The number of likely N-dealkylation sites (tertiary alicyclic amines) is 1. The maximum atomic E-state index is 12.3. The number of anilines is 1. The van der Waals surface area contributed by atoms with Crippen LogP contribution in [-0.2, 0) is 16.1 Å². The summed E-state index contributed by atoms with van der Waals surface area (Å²) in [5.41, 5.74) is 0.782. The van der Waals surface area contributed by atoms with Gasteiger partial charge in [-0.25, -0.2) is 9.97 Å². The highest BCUT2D eigenvalue weighted by molar-refractivity contribution is 7.18. The van der Waals surface area contributed by atoms with E-state index in [2.05, 4.69) is 23.6 Å². The Balaban J connectivity index is 1.72. The molecule has 0 bridgehead atoms. The van der Waals surface area contributed by atoms with Crippen molar-refractivity contribution in [2.24, 2.45) is 5.41 Å². The fraction of sp³-hybridized carbons (Fsp3) is 0.650. The molecule has 2 aliphatic heterocycles. The molecule has 0 amide bonds. The molecule has 4 rings (SSSR count). The minimum Gasteiger partial charge on any atom is -0.469 e. The molecule has 6 nitrogen and oxygen atoms in total. The molecule has 0 aromatic carbocycles. The molecule has 2 aliphatic rings. The lowest BCUT2D eigenvalue weighted by Crippen LogP contribution is -2.33. The van der Waals surface area contributed by atoms with Crippen LogP contribution in [0.4, 0.5) is 5.82 Å². The third-order valence-corrected chi connectivity index (χ3v) is 7.17. The molecule has 4 heterocycles. The first-order valence-corrected chi connectivity index (χ1v) is 10.6. The summed E-state index contributed by atoms with van der Waals surface area (Å²) in [6, 6.07) is 0.